The van der Waals surface area contributed by atoms with E-state index in [0.717, 1.165) is 0 Å². The van der Waals surface area contributed by atoms with E-state index in [4.69, 9.17) is 4.55 Å². The van der Waals surface area contributed by atoms with Crippen molar-refractivity contribution in [3.05, 3.63) is 28.4 Å². The summed E-state index contributed by atoms with van der Waals surface area (Å²) in [7, 11) is -6.58. The van der Waals surface area contributed by atoms with E-state index < -0.39 is 45.1 Å². The third-order valence-corrected chi connectivity index (χ3v) is 9.43. The fourth-order valence-electron chi connectivity index (χ4n) is 3.22. The summed E-state index contributed by atoms with van der Waals surface area (Å²) in [6.07, 6.45) is -9.83. The van der Waals surface area contributed by atoms with Crippen molar-refractivity contribution >= 4 is 89.8 Å². The molecule has 1 aromatic carbocycles. The Kier molecular flexibility index (Phi) is 9.26. The Morgan fingerprint density at radius 3 is 2.09 bits per heavy atom. The van der Waals surface area contributed by atoms with Gasteiger partial charge in [-0.05, 0) is 92.7 Å². The van der Waals surface area contributed by atoms with Crippen LogP contribution in [0.25, 0.3) is 0 Å². The number of hydrogen-bond donors (Lipinski definition) is 2. The van der Waals surface area contributed by atoms with Gasteiger partial charge in [-0.1, -0.05) is 19.3 Å². The number of benzene rings is 1. The molecule has 2 N–H and O–H groups in total. The molecule has 1 unspecified atom stereocenters. The van der Waals surface area contributed by atoms with Crippen LogP contribution in [0.4, 0.5) is 22.0 Å². The first-order valence-electron chi connectivity index (χ1n) is 9.02. The molecule has 0 aromatic heterocycles. The second-order valence-corrected chi connectivity index (χ2v) is 12.2. The van der Waals surface area contributed by atoms with Crippen LogP contribution in [0.3, 0.4) is 0 Å². The number of alkyl halides is 5. The minimum absolute atomic E-state index is 0.111. The van der Waals surface area contributed by atoms with Gasteiger partial charge in [-0.25, -0.2) is 4.79 Å². The zero-order valence-corrected chi connectivity index (χ0v) is 23.5. The van der Waals surface area contributed by atoms with Crippen LogP contribution < -0.4 is 5.32 Å². The maximum Gasteiger partial charge on any atom is 0.432 e. The van der Waals surface area contributed by atoms with Crippen LogP contribution in [-0.4, -0.2) is 47.9 Å². The molecule has 0 aliphatic heterocycles. The lowest BCUT2D eigenvalue weighted by Crippen LogP contribution is -2.60. The molecule has 1 saturated carbocycles. The number of halogens is 8. The molecule has 2 rings (SSSR count). The van der Waals surface area contributed by atoms with Crippen molar-refractivity contribution in [3.8, 4) is 0 Å². The number of ether oxygens (including phenoxy) is 1. The van der Waals surface area contributed by atoms with Crippen molar-refractivity contribution in [2.24, 2.45) is 0 Å². The predicted molar refractivity (Wildman–Crippen MR) is 130 cm³/mol. The average Bonchev–Trinajstić information content (AvgIpc) is 2.67. The van der Waals surface area contributed by atoms with E-state index in [9.17, 15) is 40.0 Å². The minimum atomic E-state index is -6.58. The van der Waals surface area contributed by atoms with Crippen LogP contribution in [0.15, 0.2) is 12.1 Å². The first kappa shape index (κ1) is 29.1. The highest BCUT2D eigenvalue weighted by Gasteiger charge is 2.67. The van der Waals surface area contributed by atoms with Crippen molar-refractivity contribution < 1.29 is 49.2 Å². The fourth-order valence-corrected chi connectivity index (χ4v) is 6.08. The molecule has 1 aromatic rings. The van der Waals surface area contributed by atoms with E-state index >= 15 is 0 Å². The molecule has 33 heavy (non-hydrogen) atoms. The van der Waals surface area contributed by atoms with Crippen LogP contribution in [0.2, 0.25) is 0 Å². The first-order valence-corrected chi connectivity index (χ1v) is 13.7. The van der Waals surface area contributed by atoms with E-state index in [2.05, 4.69) is 10.1 Å². The Balaban J connectivity index is 2.45. The lowest BCUT2D eigenvalue weighted by atomic mass is 9.81. The molecular weight excluding hydrogens is 822 g/mol. The van der Waals surface area contributed by atoms with Gasteiger partial charge in [0.2, 0.25) is 0 Å². The SMILES string of the molecule is O=C(NC1(C(=O)OC(C(F)(F)F)C(F)(F)S(=O)(=O)O)CCCCC1)c1cc(I)cc(I)c1I. The van der Waals surface area contributed by atoms with Crippen molar-refractivity contribution in [2.75, 3.05) is 0 Å². The highest BCUT2D eigenvalue weighted by molar-refractivity contribution is 14.1. The van der Waals surface area contributed by atoms with Crippen LogP contribution in [0, 0.1) is 10.7 Å². The topological polar surface area (TPSA) is 110 Å². The summed E-state index contributed by atoms with van der Waals surface area (Å²) in [5, 5.41) is -3.52. The van der Waals surface area contributed by atoms with Gasteiger partial charge in [0.05, 0.1) is 5.56 Å². The largest absolute Gasteiger partial charge is 0.443 e. The molecule has 0 bridgehead atoms. The standard InChI is InChI=1S/C17H15F5I3NO6S/c18-16(19,20)13(17(21,22)33(29,30)31)32-14(28)15(4-2-1-3-5-15)26-12(27)9-6-8(23)7-10(24)11(9)25/h6-7,13H,1-5H2,(H,26,27)(H,29,30,31). The van der Waals surface area contributed by atoms with Crippen LogP contribution in [-0.2, 0) is 19.6 Å². The number of nitrogens with one attached hydrogen (secondary N) is 1. The van der Waals surface area contributed by atoms with Crippen molar-refractivity contribution in [1.82, 2.24) is 5.32 Å². The molecule has 1 aliphatic carbocycles. The van der Waals surface area contributed by atoms with E-state index in [-0.39, 0.29) is 31.2 Å². The molecule has 1 aliphatic rings. The van der Waals surface area contributed by atoms with Gasteiger partial charge in [0.15, 0.2) is 0 Å². The number of hydrogen-bond acceptors (Lipinski definition) is 5. The molecule has 186 valence electrons. The van der Waals surface area contributed by atoms with Crippen LogP contribution in [0.1, 0.15) is 42.5 Å². The molecule has 0 spiro atoms. The van der Waals surface area contributed by atoms with Gasteiger partial charge < -0.3 is 10.1 Å². The van der Waals surface area contributed by atoms with Crippen LogP contribution >= 0.6 is 67.8 Å². The number of carbonyl (C=O) groups is 2. The zero-order chi connectivity index (χ0) is 25.4. The molecule has 0 radical (unpaired) electrons. The Hall–Kier alpha value is -0.0900. The van der Waals surface area contributed by atoms with Gasteiger partial charge in [-0.15, -0.1) is 0 Å². The highest BCUT2D eigenvalue weighted by atomic mass is 127. The monoisotopic (exact) mass is 837 g/mol. The number of rotatable bonds is 6. The zero-order valence-electron chi connectivity index (χ0n) is 16.2. The molecule has 1 fully saturated rings. The summed E-state index contributed by atoms with van der Waals surface area (Å²) in [4.78, 5) is 25.7. The Labute approximate surface area is 226 Å². The normalized spacial score (nSPS) is 17.8. The van der Waals surface area contributed by atoms with Gasteiger partial charge in [-0.3, -0.25) is 9.35 Å². The second kappa shape index (κ2) is 10.5. The Morgan fingerprint density at radius 1 is 1.06 bits per heavy atom. The Bertz CT molecular complexity index is 1040. The fraction of sp³-hybridized carbons (Fsp3) is 0.529. The summed E-state index contributed by atoms with van der Waals surface area (Å²) >= 11 is 5.78. The van der Waals surface area contributed by atoms with E-state index in [1.165, 1.54) is 6.07 Å². The van der Waals surface area contributed by atoms with Gasteiger partial charge >= 0.3 is 27.5 Å². The molecule has 0 saturated heterocycles. The van der Waals surface area contributed by atoms with Crippen molar-refractivity contribution in [2.45, 2.75) is 55.2 Å². The van der Waals surface area contributed by atoms with Crippen molar-refractivity contribution in [1.29, 1.82) is 0 Å². The average molecular weight is 837 g/mol. The molecule has 1 amide bonds. The van der Waals surface area contributed by atoms with E-state index in [1.807, 2.05) is 67.8 Å². The lowest BCUT2D eigenvalue weighted by molar-refractivity contribution is -0.261. The van der Waals surface area contributed by atoms with Gasteiger partial charge in [-0.2, -0.15) is 30.4 Å². The van der Waals surface area contributed by atoms with E-state index in [1.54, 1.807) is 6.07 Å². The smallest absolute Gasteiger partial charge is 0.432 e. The summed E-state index contributed by atoms with van der Waals surface area (Å²) in [6.45, 7) is 0. The van der Waals surface area contributed by atoms with Crippen LogP contribution in [0.5, 0.6) is 0 Å². The minimum Gasteiger partial charge on any atom is -0.443 e. The number of carbonyl (C=O) groups excluding carboxylic acids is 2. The van der Waals surface area contributed by atoms with Gasteiger partial charge in [0.25, 0.3) is 12.0 Å². The summed E-state index contributed by atoms with van der Waals surface area (Å²) in [6, 6.07) is 3.24. The molecule has 7 nitrogen and oxygen atoms in total. The molecule has 1 atom stereocenters. The third kappa shape index (κ3) is 6.57. The van der Waals surface area contributed by atoms with Crippen molar-refractivity contribution in [3.63, 3.8) is 0 Å². The predicted octanol–water partition coefficient (Wildman–Crippen LogP) is 4.89. The highest BCUT2D eigenvalue weighted by Crippen LogP contribution is 2.40. The third-order valence-electron chi connectivity index (χ3n) is 4.86. The second-order valence-electron chi connectivity index (χ2n) is 7.21. The Morgan fingerprint density at radius 2 is 1.61 bits per heavy atom. The van der Waals surface area contributed by atoms with Gasteiger partial charge in [0.1, 0.15) is 5.54 Å². The first-order chi connectivity index (χ1) is 14.9. The molecule has 16 heteroatoms. The summed E-state index contributed by atoms with van der Waals surface area (Å²) in [5.41, 5.74) is -1.98. The molecule has 0 heterocycles. The van der Waals surface area contributed by atoms with Gasteiger partial charge in [0, 0.05) is 10.7 Å². The molecular formula is C17H15F5I3NO6S. The number of amides is 1. The quantitative estimate of drug-likeness (QED) is 0.139. The van der Waals surface area contributed by atoms with E-state index in [0.29, 0.717) is 17.1 Å². The summed E-state index contributed by atoms with van der Waals surface area (Å²) in [5.74, 6) is -2.70. The maximum atomic E-state index is 13.9. The lowest BCUT2D eigenvalue weighted by Gasteiger charge is -2.37. The maximum absolute atomic E-state index is 13.9. The summed E-state index contributed by atoms with van der Waals surface area (Å²) < 4.78 is 104. The number of esters is 1.